The topological polar surface area (TPSA) is 80.8 Å². The van der Waals surface area contributed by atoms with Gasteiger partial charge < -0.3 is 4.18 Å². The van der Waals surface area contributed by atoms with Crippen molar-refractivity contribution in [2.75, 3.05) is 0 Å². The molecule has 0 bridgehead atoms. The van der Waals surface area contributed by atoms with Crippen molar-refractivity contribution in [3.63, 3.8) is 0 Å². The number of carbonyl (C=O) groups excluding carboxylic acids is 2. The number of thioether (sulfide) groups is 1. The van der Waals surface area contributed by atoms with Gasteiger partial charge in [-0.25, -0.2) is 0 Å². The van der Waals surface area contributed by atoms with E-state index in [2.05, 4.69) is 0 Å². The Morgan fingerprint density at radius 1 is 0.939 bits per heavy atom. The fourth-order valence-electron chi connectivity index (χ4n) is 3.06. The minimum atomic E-state index is -4.00. The van der Waals surface area contributed by atoms with Crippen LogP contribution in [0.4, 0.5) is 4.79 Å². The second-order valence-corrected chi connectivity index (χ2v) is 10.3. The van der Waals surface area contributed by atoms with Crippen molar-refractivity contribution < 1.29 is 22.2 Å². The van der Waals surface area contributed by atoms with Gasteiger partial charge in [-0.15, -0.1) is 0 Å². The molecule has 6 nitrogen and oxygen atoms in total. The summed E-state index contributed by atoms with van der Waals surface area (Å²) in [5, 5.41) is 0.0856. The average Bonchev–Trinajstić information content (AvgIpc) is 3.04. The highest BCUT2D eigenvalue weighted by Gasteiger charge is 2.34. The van der Waals surface area contributed by atoms with Crippen LogP contribution in [0.15, 0.2) is 82.6 Å². The standard InChI is InChI=1S/C24H18ClNO5S2/c1-16-2-4-18(5-3-16)15-26-23(27)22(32-24(26)28)14-17-6-10-20(11-7-17)31-33(29,30)21-12-8-19(25)9-13-21/h2-14H,15H2,1H3/b22-14-. The summed E-state index contributed by atoms with van der Waals surface area (Å²) in [5.41, 5.74) is 2.60. The lowest BCUT2D eigenvalue weighted by atomic mass is 10.1. The van der Waals surface area contributed by atoms with Crippen LogP contribution >= 0.6 is 23.4 Å². The van der Waals surface area contributed by atoms with E-state index in [1.54, 1.807) is 18.2 Å². The summed E-state index contributed by atoms with van der Waals surface area (Å²) in [5.74, 6) is -0.245. The van der Waals surface area contributed by atoms with Gasteiger partial charge in [0.1, 0.15) is 10.6 Å². The van der Waals surface area contributed by atoms with Crippen molar-refractivity contribution in [3.8, 4) is 5.75 Å². The Bertz CT molecular complexity index is 1330. The zero-order valence-electron chi connectivity index (χ0n) is 17.4. The first kappa shape index (κ1) is 23.1. The maximum Gasteiger partial charge on any atom is 0.339 e. The SMILES string of the molecule is Cc1ccc(CN2C(=O)S/C(=C\c3ccc(OS(=O)(=O)c4ccc(Cl)cc4)cc3)C2=O)cc1. The van der Waals surface area contributed by atoms with E-state index in [-0.39, 0.29) is 28.3 Å². The van der Waals surface area contributed by atoms with Gasteiger partial charge >= 0.3 is 10.1 Å². The molecule has 0 aromatic heterocycles. The summed E-state index contributed by atoms with van der Waals surface area (Å²) in [7, 11) is -4.00. The molecule has 33 heavy (non-hydrogen) atoms. The van der Waals surface area contributed by atoms with Crippen LogP contribution in [0.2, 0.25) is 5.02 Å². The third-order valence-electron chi connectivity index (χ3n) is 4.82. The van der Waals surface area contributed by atoms with Gasteiger partial charge in [0.15, 0.2) is 0 Å². The molecule has 4 rings (SSSR count). The van der Waals surface area contributed by atoms with E-state index in [9.17, 15) is 18.0 Å². The summed E-state index contributed by atoms with van der Waals surface area (Å²) in [6.07, 6.45) is 1.59. The summed E-state index contributed by atoms with van der Waals surface area (Å²) in [4.78, 5) is 26.6. The van der Waals surface area contributed by atoms with Crippen molar-refractivity contribution in [2.24, 2.45) is 0 Å². The van der Waals surface area contributed by atoms with Crippen LogP contribution in [0, 0.1) is 6.92 Å². The molecular formula is C24H18ClNO5S2. The van der Waals surface area contributed by atoms with E-state index in [0.29, 0.717) is 15.5 Å². The Morgan fingerprint density at radius 2 is 1.58 bits per heavy atom. The monoisotopic (exact) mass is 499 g/mol. The fraction of sp³-hybridized carbons (Fsp3) is 0.0833. The van der Waals surface area contributed by atoms with Crippen LogP contribution in [-0.2, 0) is 21.5 Å². The Balaban J connectivity index is 1.46. The van der Waals surface area contributed by atoms with Gasteiger partial charge in [0, 0.05) is 5.02 Å². The molecule has 9 heteroatoms. The van der Waals surface area contributed by atoms with Gasteiger partial charge in [-0.05, 0) is 72.3 Å². The molecule has 0 unspecified atom stereocenters. The van der Waals surface area contributed by atoms with Crippen LogP contribution in [0.1, 0.15) is 16.7 Å². The molecule has 168 valence electrons. The lowest BCUT2D eigenvalue weighted by Gasteiger charge is -2.12. The predicted molar refractivity (Wildman–Crippen MR) is 128 cm³/mol. The predicted octanol–water partition coefficient (Wildman–Crippen LogP) is 5.65. The molecule has 0 saturated carbocycles. The minimum absolute atomic E-state index is 0.0155. The van der Waals surface area contributed by atoms with Crippen molar-refractivity contribution in [2.45, 2.75) is 18.4 Å². The van der Waals surface area contributed by atoms with E-state index in [4.69, 9.17) is 15.8 Å². The maximum absolute atomic E-state index is 12.7. The van der Waals surface area contributed by atoms with Crippen LogP contribution in [-0.4, -0.2) is 24.5 Å². The number of hydrogen-bond donors (Lipinski definition) is 0. The van der Waals surface area contributed by atoms with E-state index >= 15 is 0 Å². The lowest BCUT2D eigenvalue weighted by molar-refractivity contribution is -0.123. The zero-order chi connectivity index (χ0) is 23.6. The number of rotatable bonds is 6. The van der Waals surface area contributed by atoms with Crippen LogP contribution in [0.5, 0.6) is 5.75 Å². The first-order chi connectivity index (χ1) is 15.7. The number of carbonyl (C=O) groups is 2. The quantitative estimate of drug-likeness (QED) is 0.322. The van der Waals surface area contributed by atoms with Crippen LogP contribution < -0.4 is 4.18 Å². The number of imide groups is 1. The zero-order valence-corrected chi connectivity index (χ0v) is 19.8. The number of nitrogens with zero attached hydrogens (tertiary/aromatic N) is 1. The molecule has 2 amide bonds. The molecule has 1 aliphatic heterocycles. The minimum Gasteiger partial charge on any atom is -0.379 e. The largest absolute Gasteiger partial charge is 0.379 e. The van der Waals surface area contributed by atoms with Gasteiger partial charge in [0.2, 0.25) is 0 Å². The fourth-order valence-corrected chi connectivity index (χ4v) is 4.95. The maximum atomic E-state index is 12.7. The summed E-state index contributed by atoms with van der Waals surface area (Å²) >= 11 is 6.66. The molecular weight excluding hydrogens is 482 g/mol. The molecule has 0 aliphatic carbocycles. The first-order valence-electron chi connectivity index (χ1n) is 9.82. The van der Waals surface area contributed by atoms with E-state index in [0.717, 1.165) is 22.9 Å². The average molecular weight is 500 g/mol. The lowest BCUT2D eigenvalue weighted by Crippen LogP contribution is -2.27. The highest BCUT2D eigenvalue weighted by molar-refractivity contribution is 8.18. The van der Waals surface area contributed by atoms with Gasteiger partial charge in [-0.3, -0.25) is 14.5 Å². The summed E-state index contributed by atoms with van der Waals surface area (Å²) < 4.78 is 29.9. The van der Waals surface area contributed by atoms with E-state index < -0.39 is 10.1 Å². The third-order valence-corrected chi connectivity index (χ3v) is 7.24. The molecule has 0 atom stereocenters. The highest BCUT2D eigenvalue weighted by atomic mass is 35.5. The molecule has 0 N–H and O–H groups in total. The number of hydrogen-bond acceptors (Lipinski definition) is 6. The first-order valence-corrected chi connectivity index (χ1v) is 12.4. The summed E-state index contributed by atoms with van der Waals surface area (Å²) in [6, 6.07) is 19.5. The normalized spacial score (nSPS) is 15.3. The van der Waals surface area contributed by atoms with Crippen molar-refractivity contribution >= 4 is 50.7 Å². The highest BCUT2D eigenvalue weighted by Crippen LogP contribution is 2.33. The second kappa shape index (κ2) is 9.43. The Morgan fingerprint density at radius 3 is 2.21 bits per heavy atom. The van der Waals surface area contributed by atoms with Crippen molar-refractivity contribution in [1.29, 1.82) is 0 Å². The van der Waals surface area contributed by atoms with Crippen molar-refractivity contribution in [3.05, 3.63) is 99.4 Å². The molecule has 0 radical (unpaired) electrons. The number of aryl methyl sites for hydroxylation is 1. The molecule has 1 heterocycles. The smallest absolute Gasteiger partial charge is 0.339 e. The summed E-state index contributed by atoms with van der Waals surface area (Å²) in [6.45, 7) is 2.17. The molecule has 3 aromatic rings. The molecule has 3 aromatic carbocycles. The second-order valence-electron chi connectivity index (χ2n) is 7.31. The number of halogens is 1. The van der Waals surface area contributed by atoms with E-state index in [1.165, 1.54) is 41.3 Å². The van der Waals surface area contributed by atoms with Gasteiger partial charge in [0.05, 0.1) is 11.4 Å². The third kappa shape index (κ3) is 5.47. The molecule has 1 saturated heterocycles. The Hall–Kier alpha value is -3.07. The van der Waals surface area contributed by atoms with E-state index in [1.807, 2.05) is 31.2 Å². The van der Waals surface area contributed by atoms with Gasteiger partial charge in [-0.2, -0.15) is 8.42 Å². The van der Waals surface area contributed by atoms with Crippen molar-refractivity contribution in [1.82, 2.24) is 4.90 Å². The van der Waals surface area contributed by atoms with Gasteiger partial charge in [-0.1, -0.05) is 53.6 Å². The van der Waals surface area contributed by atoms with Crippen LogP contribution in [0.25, 0.3) is 6.08 Å². The Kier molecular flexibility index (Phi) is 6.60. The number of benzene rings is 3. The molecule has 1 aliphatic rings. The molecule has 0 spiro atoms. The van der Waals surface area contributed by atoms with Gasteiger partial charge in [0.25, 0.3) is 11.1 Å². The Labute approximate surface area is 200 Å². The van der Waals surface area contributed by atoms with Crippen LogP contribution in [0.3, 0.4) is 0 Å². The molecule has 1 fully saturated rings. The number of amides is 2.